The summed E-state index contributed by atoms with van der Waals surface area (Å²) in [6, 6.07) is 3.67. The summed E-state index contributed by atoms with van der Waals surface area (Å²) in [5.41, 5.74) is 0.507. The van der Waals surface area contributed by atoms with Gasteiger partial charge in [-0.3, -0.25) is 0 Å². The number of hydrogen-bond donors (Lipinski definition) is 1. The zero-order chi connectivity index (χ0) is 12.0. The summed E-state index contributed by atoms with van der Waals surface area (Å²) in [4.78, 5) is 14.1. The Balaban J connectivity index is 2.82. The molecule has 0 radical (unpaired) electrons. The van der Waals surface area contributed by atoms with E-state index in [1.54, 1.807) is 12.1 Å². The molecule has 0 fully saturated rings. The predicted molar refractivity (Wildman–Crippen MR) is 63.5 cm³/mol. The van der Waals surface area contributed by atoms with Crippen molar-refractivity contribution in [2.75, 3.05) is 5.32 Å². The van der Waals surface area contributed by atoms with Gasteiger partial charge in [0, 0.05) is 6.04 Å². The lowest BCUT2D eigenvalue weighted by molar-refractivity contribution is -0.388. The maximum atomic E-state index is 10.8. The third-order valence-corrected chi connectivity index (χ3v) is 2.45. The number of aromatic nitrogens is 1. The first kappa shape index (κ1) is 12.4. The average molecular weight is 223 g/mol. The van der Waals surface area contributed by atoms with Crippen molar-refractivity contribution in [3.05, 3.63) is 28.4 Å². The molecule has 1 rings (SSSR count). The molecule has 0 spiro atoms. The smallest absolute Gasteiger partial charge is 0.375 e. The van der Waals surface area contributed by atoms with Crippen LogP contribution < -0.4 is 5.32 Å². The molecule has 16 heavy (non-hydrogen) atoms. The molecule has 1 unspecified atom stereocenters. The zero-order valence-corrected chi connectivity index (χ0v) is 9.64. The van der Waals surface area contributed by atoms with E-state index in [1.807, 2.05) is 0 Å². The maximum Gasteiger partial charge on any atom is 0.386 e. The molecule has 1 N–H and O–H groups in total. The van der Waals surface area contributed by atoms with E-state index in [9.17, 15) is 10.1 Å². The molecule has 1 heterocycles. The fraction of sp³-hybridized carbons (Fsp3) is 0.545. The third kappa shape index (κ3) is 3.18. The average Bonchev–Trinajstić information content (AvgIpc) is 2.29. The van der Waals surface area contributed by atoms with E-state index in [2.05, 4.69) is 24.1 Å². The lowest BCUT2D eigenvalue weighted by atomic mass is 10.1. The van der Waals surface area contributed by atoms with Gasteiger partial charge in [-0.05, 0) is 34.9 Å². The summed E-state index contributed by atoms with van der Waals surface area (Å²) >= 11 is 0. The fourth-order valence-electron chi connectivity index (χ4n) is 1.60. The molecule has 0 saturated carbocycles. The zero-order valence-electron chi connectivity index (χ0n) is 9.64. The second-order valence-electron chi connectivity index (χ2n) is 3.67. The molecule has 0 aliphatic rings. The summed E-state index contributed by atoms with van der Waals surface area (Å²) in [5, 5.41) is 13.9. The van der Waals surface area contributed by atoms with Gasteiger partial charge in [-0.25, -0.2) is 0 Å². The Bertz CT molecular complexity index is 355. The molecule has 0 saturated heterocycles. The molecular weight excluding hydrogens is 206 g/mol. The Morgan fingerprint density at radius 1 is 1.56 bits per heavy atom. The minimum Gasteiger partial charge on any atom is -0.375 e. The van der Waals surface area contributed by atoms with Crippen molar-refractivity contribution >= 4 is 11.5 Å². The Morgan fingerprint density at radius 3 is 2.88 bits per heavy atom. The van der Waals surface area contributed by atoms with Crippen molar-refractivity contribution in [3.8, 4) is 0 Å². The topological polar surface area (TPSA) is 68.1 Å². The quantitative estimate of drug-likeness (QED) is 0.594. The highest BCUT2D eigenvalue weighted by Crippen LogP contribution is 2.22. The summed E-state index contributed by atoms with van der Waals surface area (Å²) in [6.07, 6.45) is 4.44. The van der Waals surface area contributed by atoms with Crippen molar-refractivity contribution in [2.24, 2.45) is 0 Å². The monoisotopic (exact) mass is 223 g/mol. The van der Waals surface area contributed by atoms with Gasteiger partial charge in [0.15, 0.2) is 0 Å². The van der Waals surface area contributed by atoms with Crippen LogP contribution in [-0.2, 0) is 0 Å². The van der Waals surface area contributed by atoms with Gasteiger partial charge in [0.2, 0.25) is 0 Å². The van der Waals surface area contributed by atoms with Crippen molar-refractivity contribution in [3.63, 3.8) is 0 Å². The second kappa shape index (κ2) is 6.05. The molecule has 1 aromatic rings. The fourth-order valence-corrected chi connectivity index (χ4v) is 1.60. The summed E-state index contributed by atoms with van der Waals surface area (Å²) < 4.78 is 0. The van der Waals surface area contributed by atoms with Gasteiger partial charge in [0.05, 0.1) is 0 Å². The Kier molecular flexibility index (Phi) is 4.69. The minimum absolute atomic E-state index is 0.1000. The first-order chi connectivity index (χ1) is 7.69. The highest BCUT2D eigenvalue weighted by molar-refractivity contribution is 5.57. The Morgan fingerprint density at radius 2 is 2.31 bits per heavy atom. The van der Waals surface area contributed by atoms with E-state index < -0.39 is 4.92 Å². The van der Waals surface area contributed by atoms with E-state index in [0.717, 1.165) is 19.3 Å². The normalized spacial score (nSPS) is 12.1. The third-order valence-electron chi connectivity index (χ3n) is 2.45. The van der Waals surface area contributed by atoms with Gasteiger partial charge >= 0.3 is 5.82 Å². The Hall–Kier alpha value is -1.65. The van der Waals surface area contributed by atoms with Crippen LogP contribution in [0, 0.1) is 10.1 Å². The van der Waals surface area contributed by atoms with Crippen molar-refractivity contribution in [1.82, 2.24) is 4.98 Å². The van der Waals surface area contributed by atoms with Crippen LogP contribution in [0.5, 0.6) is 0 Å². The van der Waals surface area contributed by atoms with E-state index in [-0.39, 0.29) is 11.9 Å². The molecule has 1 aromatic heterocycles. The minimum atomic E-state index is -0.457. The van der Waals surface area contributed by atoms with Crippen LogP contribution in [0.1, 0.15) is 33.1 Å². The van der Waals surface area contributed by atoms with Crippen LogP contribution in [0.3, 0.4) is 0 Å². The molecule has 0 aromatic carbocycles. The summed E-state index contributed by atoms with van der Waals surface area (Å²) in [7, 11) is 0. The van der Waals surface area contributed by atoms with Crippen molar-refractivity contribution in [2.45, 2.75) is 39.2 Å². The number of nitro groups is 1. The molecule has 5 heteroatoms. The standard InChI is InChI=1S/C11H17N3O2/c1-3-6-9(4-2)13-10-7-5-8-12-11(10)14(15)16/h5,7-9,13H,3-4,6H2,1-2H3. The second-order valence-corrected chi connectivity index (χ2v) is 3.67. The molecule has 0 aliphatic carbocycles. The van der Waals surface area contributed by atoms with E-state index in [0.29, 0.717) is 5.69 Å². The lowest BCUT2D eigenvalue weighted by Gasteiger charge is -2.16. The lowest BCUT2D eigenvalue weighted by Crippen LogP contribution is -2.18. The number of nitrogens with one attached hydrogen (secondary N) is 1. The van der Waals surface area contributed by atoms with Crippen molar-refractivity contribution < 1.29 is 4.92 Å². The van der Waals surface area contributed by atoms with E-state index in [1.165, 1.54) is 6.20 Å². The SMILES string of the molecule is CCCC(CC)Nc1cccnc1[N+](=O)[O-]. The van der Waals surface area contributed by atoms with E-state index in [4.69, 9.17) is 0 Å². The van der Waals surface area contributed by atoms with Crippen LogP contribution in [0.25, 0.3) is 0 Å². The molecule has 1 atom stereocenters. The van der Waals surface area contributed by atoms with E-state index >= 15 is 0 Å². The largest absolute Gasteiger partial charge is 0.386 e. The number of hydrogen-bond acceptors (Lipinski definition) is 4. The van der Waals surface area contributed by atoms with Crippen molar-refractivity contribution in [1.29, 1.82) is 0 Å². The first-order valence-electron chi connectivity index (χ1n) is 5.55. The van der Waals surface area contributed by atoms with Crippen LogP contribution in [0.4, 0.5) is 11.5 Å². The molecule has 0 amide bonds. The molecule has 0 aliphatic heterocycles. The van der Waals surface area contributed by atoms with Gasteiger partial charge in [-0.2, -0.15) is 0 Å². The van der Waals surface area contributed by atoms with Crippen LogP contribution in [0.2, 0.25) is 0 Å². The number of anilines is 1. The first-order valence-corrected chi connectivity index (χ1v) is 5.55. The van der Waals surface area contributed by atoms with Gasteiger partial charge < -0.3 is 15.4 Å². The van der Waals surface area contributed by atoms with Gasteiger partial charge in [-0.15, -0.1) is 0 Å². The maximum absolute atomic E-state index is 10.8. The molecular formula is C11H17N3O2. The molecule has 5 nitrogen and oxygen atoms in total. The van der Waals surface area contributed by atoms with Crippen LogP contribution in [-0.4, -0.2) is 15.9 Å². The predicted octanol–water partition coefficient (Wildman–Crippen LogP) is 2.98. The van der Waals surface area contributed by atoms with Gasteiger partial charge in [-0.1, -0.05) is 20.3 Å². The highest BCUT2D eigenvalue weighted by atomic mass is 16.6. The number of nitrogens with zero attached hydrogens (tertiary/aromatic N) is 2. The molecule has 0 bridgehead atoms. The van der Waals surface area contributed by atoms with Gasteiger partial charge in [0.25, 0.3) is 0 Å². The summed E-state index contributed by atoms with van der Waals surface area (Å²) in [6.45, 7) is 4.16. The summed E-state index contributed by atoms with van der Waals surface area (Å²) in [5.74, 6) is -0.1000. The van der Waals surface area contributed by atoms with Crippen LogP contribution in [0.15, 0.2) is 18.3 Å². The number of rotatable bonds is 6. The van der Waals surface area contributed by atoms with Crippen LogP contribution >= 0.6 is 0 Å². The number of pyridine rings is 1. The Labute approximate surface area is 95.0 Å². The highest BCUT2D eigenvalue weighted by Gasteiger charge is 2.16. The van der Waals surface area contributed by atoms with Gasteiger partial charge in [0.1, 0.15) is 11.9 Å². The molecule has 88 valence electrons.